The number of nitrogens with one attached hydrogen (secondary N) is 1. The summed E-state index contributed by atoms with van der Waals surface area (Å²) in [4.78, 5) is 23.2. The van der Waals surface area contributed by atoms with Gasteiger partial charge in [-0.15, -0.1) is 0 Å². The van der Waals surface area contributed by atoms with Gasteiger partial charge in [0, 0.05) is 19.1 Å². The highest BCUT2D eigenvalue weighted by molar-refractivity contribution is 5.85. The molecule has 0 bridgehead atoms. The minimum Gasteiger partial charge on any atom is -0.481 e. The number of methoxy groups -OCH3 is 1. The lowest BCUT2D eigenvalue weighted by Crippen LogP contribution is -2.38. The summed E-state index contributed by atoms with van der Waals surface area (Å²) in [6.07, 6.45) is 0.757. The average molecular weight is 258 g/mol. The minimum absolute atomic E-state index is 0.0595. The maximum absolute atomic E-state index is 10.8. The van der Waals surface area contributed by atoms with Crippen molar-refractivity contribution in [1.82, 2.24) is 10.2 Å². The second kappa shape index (κ2) is 6.10. The fraction of sp³-hybridized carbons (Fsp3) is 0.600. The van der Waals surface area contributed by atoms with Crippen molar-refractivity contribution >= 4 is 11.9 Å². The predicted octanol–water partition coefficient (Wildman–Crippen LogP) is -2.01. The van der Waals surface area contributed by atoms with Gasteiger partial charge >= 0.3 is 5.97 Å². The van der Waals surface area contributed by atoms with E-state index in [1.807, 2.05) is 0 Å². The molecule has 0 spiro atoms. The Morgan fingerprint density at radius 1 is 1.50 bits per heavy atom. The smallest absolute Gasteiger partial charge is 0.357 e. The van der Waals surface area contributed by atoms with Crippen LogP contribution in [0.1, 0.15) is 6.42 Å². The Morgan fingerprint density at radius 2 is 2.17 bits per heavy atom. The first-order chi connectivity index (χ1) is 8.45. The molecule has 1 atom stereocenters. The molecule has 6 N–H and O–H groups in total. The van der Waals surface area contributed by atoms with Crippen molar-refractivity contribution in [2.45, 2.75) is 12.5 Å². The number of carboxylic acid groups (broad SMARTS) is 1. The van der Waals surface area contributed by atoms with Crippen LogP contribution in [0.4, 0.5) is 0 Å². The number of rotatable bonds is 6. The van der Waals surface area contributed by atoms with Crippen molar-refractivity contribution in [3.8, 4) is 0 Å². The van der Waals surface area contributed by atoms with Crippen molar-refractivity contribution in [3.63, 3.8) is 0 Å². The summed E-state index contributed by atoms with van der Waals surface area (Å²) in [5, 5.41) is 11.8. The van der Waals surface area contributed by atoms with E-state index >= 15 is 0 Å². The van der Waals surface area contributed by atoms with E-state index in [9.17, 15) is 9.59 Å². The number of nitrogens with zero attached hydrogens (tertiary/aromatic N) is 1. The van der Waals surface area contributed by atoms with Crippen LogP contribution in [0.3, 0.4) is 0 Å². The number of aliphatic carboxylic acids is 1. The number of carbonyl (C=O) groups is 2. The number of primary amides is 1. The van der Waals surface area contributed by atoms with Gasteiger partial charge in [-0.25, -0.2) is 4.79 Å². The molecule has 0 radical (unpaired) electrons. The number of nitrogens with two attached hydrogens (primary N) is 2. The van der Waals surface area contributed by atoms with Crippen molar-refractivity contribution in [3.05, 3.63) is 11.6 Å². The van der Waals surface area contributed by atoms with Gasteiger partial charge in [-0.2, -0.15) is 0 Å². The van der Waals surface area contributed by atoms with Gasteiger partial charge in [-0.1, -0.05) is 0 Å². The van der Waals surface area contributed by atoms with Crippen molar-refractivity contribution < 1.29 is 19.4 Å². The quantitative estimate of drug-likeness (QED) is 0.320. The Bertz CT molecular complexity index is 369. The number of amides is 1. The van der Waals surface area contributed by atoms with Crippen LogP contribution < -0.4 is 16.8 Å². The normalized spacial score (nSPS) is 20.5. The van der Waals surface area contributed by atoms with Crippen LogP contribution in [0.5, 0.6) is 0 Å². The van der Waals surface area contributed by atoms with Gasteiger partial charge in [0.05, 0.1) is 13.7 Å². The largest absolute Gasteiger partial charge is 0.481 e. The zero-order valence-electron chi connectivity index (χ0n) is 10.2. The summed E-state index contributed by atoms with van der Waals surface area (Å²) in [5.74, 6) is -1.51. The van der Waals surface area contributed by atoms with E-state index < -0.39 is 11.9 Å². The van der Waals surface area contributed by atoms with Gasteiger partial charge in [0.1, 0.15) is 0 Å². The summed E-state index contributed by atoms with van der Waals surface area (Å²) in [6.45, 7) is 1.22. The number of likely N-dealkylation sites (tertiary alicyclic amines) is 1. The Labute approximate surface area is 105 Å². The van der Waals surface area contributed by atoms with E-state index in [0.29, 0.717) is 13.1 Å². The van der Waals surface area contributed by atoms with E-state index in [2.05, 4.69) is 5.32 Å². The van der Waals surface area contributed by atoms with E-state index in [-0.39, 0.29) is 24.2 Å². The highest BCUT2D eigenvalue weighted by Gasteiger charge is 2.27. The number of carboxylic acids is 1. The fourth-order valence-electron chi connectivity index (χ4n) is 1.86. The number of ether oxygens (including phenoxy) is 1. The zero-order chi connectivity index (χ0) is 13.7. The highest BCUT2D eigenvalue weighted by atomic mass is 16.5. The molecule has 18 heavy (non-hydrogen) atoms. The highest BCUT2D eigenvalue weighted by Crippen LogP contribution is 2.17. The van der Waals surface area contributed by atoms with Gasteiger partial charge < -0.3 is 31.5 Å². The lowest BCUT2D eigenvalue weighted by atomic mass is 10.2. The van der Waals surface area contributed by atoms with Gasteiger partial charge in [0.2, 0.25) is 11.8 Å². The molecule has 102 valence electrons. The first-order valence-corrected chi connectivity index (χ1v) is 5.49. The molecule has 0 saturated carbocycles. The fourth-order valence-corrected chi connectivity index (χ4v) is 1.86. The number of hydrogen-bond acceptors (Lipinski definition) is 6. The lowest BCUT2D eigenvalue weighted by molar-refractivity contribution is -0.133. The molecule has 0 aromatic rings. The summed E-state index contributed by atoms with van der Waals surface area (Å²) in [5.41, 5.74) is 10.1. The van der Waals surface area contributed by atoms with Crippen LogP contribution in [0, 0.1) is 0 Å². The maximum Gasteiger partial charge on any atom is 0.357 e. The van der Waals surface area contributed by atoms with E-state index in [1.54, 1.807) is 4.90 Å². The molecule has 1 heterocycles. The van der Waals surface area contributed by atoms with Crippen LogP contribution in [-0.4, -0.2) is 54.7 Å². The van der Waals surface area contributed by atoms with E-state index in [4.69, 9.17) is 21.3 Å². The first-order valence-electron chi connectivity index (χ1n) is 5.49. The molecule has 0 aromatic heterocycles. The van der Waals surface area contributed by atoms with Crippen molar-refractivity contribution in [1.29, 1.82) is 0 Å². The molecule has 1 amide bonds. The first kappa shape index (κ1) is 14.1. The molecule has 1 saturated heterocycles. The van der Waals surface area contributed by atoms with Gasteiger partial charge in [-0.3, -0.25) is 4.79 Å². The molecule has 1 fully saturated rings. The topological polar surface area (TPSA) is 131 Å². The lowest BCUT2D eigenvalue weighted by Gasteiger charge is -2.21. The van der Waals surface area contributed by atoms with Crippen LogP contribution >= 0.6 is 0 Å². The molecule has 8 nitrogen and oxygen atoms in total. The van der Waals surface area contributed by atoms with Crippen LogP contribution in [0.15, 0.2) is 11.6 Å². The summed E-state index contributed by atoms with van der Waals surface area (Å²) >= 11 is 0. The molecular formula is C10H18N4O4. The Morgan fingerprint density at radius 3 is 2.67 bits per heavy atom. The number of hydrogen-bond donors (Lipinski definition) is 4. The Kier molecular flexibility index (Phi) is 4.78. The predicted molar refractivity (Wildman–Crippen MR) is 63.0 cm³/mol. The Balaban J connectivity index is 2.62. The molecule has 1 rings (SSSR count). The standard InChI is InChI=1S/C10H18N4O4/c1-18-9(8(12)10(16)17)14-3-2-6(5-14)13-4-7(11)15/h6,13H,2-5,12H2,1H3,(H2,11,15)(H,16,17)/b9-8-/t6-/m0/s1. The third-order valence-corrected chi connectivity index (χ3v) is 2.69. The SMILES string of the molecule is CO/C(=C(\N)C(=O)O)N1CC[C@H](NCC(N)=O)C1. The third-order valence-electron chi connectivity index (χ3n) is 2.69. The van der Waals surface area contributed by atoms with Crippen LogP contribution in [0.2, 0.25) is 0 Å². The van der Waals surface area contributed by atoms with E-state index in [0.717, 1.165) is 6.42 Å². The van der Waals surface area contributed by atoms with Crippen LogP contribution in [0.25, 0.3) is 0 Å². The second-order valence-corrected chi connectivity index (χ2v) is 4.01. The molecule has 1 aliphatic rings. The molecule has 1 aliphatic heterocycles. The molecule has 0 aliphatic carbocycles. The minimum atomic E-state index is -1.22. The van der Waals surface area contributed by atoms with Crippen LogP contribution in [-0.2, 0) is 14.3 Å². The monoisotopic (exact) mass is 258 g/mol. The number of carbonyl (C=O) groups excluding carboxylic acids is 1. The zero-order valence-corrected chi connectivity index (χ0v) is 10.2. The van der Waals surface area contributed by atoms with E-state index in [1.165, 1.54) is 7.11 Å². The molecule has 0 unspecified atom stereocenters. The summed E-state index contributed by atoms with van der Waals surface area (Å²) in [6, 6.07) is 0.0595. The molecular weight excluding hydrogens is 240 g/mol. The average Bonchev–Trinajstić information content (AvgIpc) is 2.75. The van der Waals surface area contributed by atoms with Crippen molar-refractivity contribution in [2.24, 2.45) is 11.5 Å². The van der Waals surface area contributed by atoms with Crippen molar-refractivity contribution in [2.75, 3.05) is 26.7 Å². The summed E-state index contributed by atoms with van der Waals surface area (Å²) in [7, 11) is 1.37. The third kappa shape index (κ3) is 3.52. The molecule has 0 aromatic carbocycles. The van der Waals surface area contributed by atoms with Gasteiger partial charge in [0.25, 0.3) is 0 Å². The second-order valence-electron chi connectivity index (χ2n) is 4.01. The van der Waals surface area contributed by atoms with Gasteiger partial charge in [-0.05, 0) is 6.42 Å². The molecule has 8 heteroatoms. The maximum atomic E-state index is 10.8. The Hall–Kier alpha value is -1.96. The summed E-state index contributed by atoms with van der Waals surface area (Å²) < 4.78 is 5.01. The van der Waals surface area contributed by atoms with Gasteiger partial charge in [0.15, 0.2) is 5.70 Å².